The van der Waals surface area contributed by atoms with Crippen LogP contribution < -0.4 is 4.74 Å². The number of Topliss-reactive ketones (excluding diaryl/α,β-unsaturated/α-hetero) is 1. The van der Waals surface area contributed by atoms with Crippen LogP contribution in [0.2, 0.25) is 0 Å². The Labute approximate surface area is 172 Å². The summed E-state index contributed by atoms with van der Waals surface area (Å²) in [5, 5.41) is 11.0. The SMILES string of the molecule is CCOC(=O)[C@@H]1C(=O)C[C@@](C)(O)[C@@H](C(=O)OCC)[C@@H]1c1cc(Br)ccc1OC. The smallest absolute Gasteiger partial charge is 0.317 e. The van der Waals surface area contributed by atoms with Gasteiger partial charge in [-0.05, 0) is 39.0 Å². The van der Waals surface area contributed by atoms with Gasteiger partial charge in [-0.2, -0.15) is 0 Å². The van der Waals surface area contributed by atoms with Crippen molar-refractivity contribution in [1.82, 2.24) is 0 Å². The molecule has 0 bridgehead atoms. The lowest BCUT2D eigenvalue weighted by atomic mass is 9.61. The summed E-state index contributed by atoms with van der Waals surface area (Å²) in [6.45, 7) is 4.89. The number of methoxy groups -OCH3 is 1. The second-order valence-electron chi connectivity index (χ2n) is 6.87. The summed E-state index contributed by atoms with van der Waals surface area (Å²) < 4.78 is 16.4. The Morgan fingerprint density at radius 3 is 2.39 bits per heavy atom. The van der Waals surface area contributed by atoms with Gasteiger partial charge in [0.05, 0.1) is 31.8 Å². The minimum atomic E-state index is -1.69. The standard InChI is InChI=1S/C20H25BrO7/c1-5-27-18(23)16-13(22)10-20(3,25)17(19(24)28-6-2)15(16)12-9-11(21)7-8-14(12)26-4/h7-9,15-17,25H,5-6,10H2,1-4H3/t15-,16-,17-,20-/m1/s1. The van der Waals surface area contributed by atoms with Gasteiger partial charge in [0.1, 0.15) is 11.7 Å². The van der Waals surface area contributed by atoms with Gasteiger partial charge >= 0.3 is 11.9 Å². The molecule has 1 aliphatic carbocycles. The number of aliphatic hydroxyl groups is 1. The number of rotatable bonds is 6. The van der Waals surface area contributed by atoms with Gasteiger partial charge in [-0.1, -0.05) is 15.9 Å². The molecule has 4 atom stereocenters. The van der Waals surface area contributed by atoms with Crippen LogP contribution in [0.25, 0.3) is 0 Å². The van der Waals surface area contributed by atoms with Gasteiger partial charge in [-0.25, -0.2) is 0 Å². The van der Waals surface area contributed by atoms with E-state index in [2.05, 4.69) is 15.9 Å². The highest BCUT2D eigenvalue weighted by Gasteiger charge is 2.57. The molecule has 1 aliphatic rings. The normalized spacial score (nSPS) is 27.2. The fourth-order valence-electron chi connectivity index (χ4n) is 3.82. The number of esters is 2. The first-order chi connectivity index (χ1) is 13.2. The van der Waals surface area contributed by atoms with Crippen LogP contribution in [-0.4, -0.2) is 48.8 Å². The lowest BCUT2D eigenvalue weighted by molar-refractivity contribution is -0.172. The molecule has 28 heavy (non-hydrogen) atoms. The zero-order valence-corrected chi connectivity index (χ0v) is 17.9. The number of carbonyl (C=O) groups is 3. The average Bonchev–Trinajstić information content (AvgIpc) is 2.60. The fraction of sp³-hybridized carbons (Fsp3) is 0.550. The van der Waals surface area contributed by atoms with Crippen molar-refractivity contribution in [3.8, 4) is 5.75 Å². The highest BCUT2D eigenvalue weighted by Crippen LogP contribution is 2.49. The molecule has 0 spiro atoms. The van der Waals surface area contributed by atoms with E-state index in [1.807, 2.05) is 0 Å². The van der Waals surface area contributed by atoms with E-state index in [0.717, 1.165) is 0 Å². The van der Waals surface area contributed by atoms with Crippen LogP contribution in [0, 0.1) is 11.8 Å². The Morgan fingerprint density at radius 1 is 1.21 bits per heavy atom. The Kier molecular flexibility index (Phi) is 7.22. The van der Waals surface area contributed by atoms with Crippen LogP contribution in [0.15, 0.2) is 22.7 Å². The molecular formula is C20H25BrO7. The monoisotopic (exact) mass is 456 g/mol. The predicted octanol–water partition coefficient (Wildman–Crippen LogP) is 2.62. The number of ether oxygens (including phenoxy) is 3. The third kappa shape index (κ3) is 4.38. The molecule has 1 fully saturated rings. The van der Waals surface area contributed by atoms with Gasteiger partial charge in [0.25, 0.3) is 0 Å². The number of hydrogen-bond donors (Lipinski definition) is 1. The molecule has 0 amide bonds. The zero-order valence-electron chi connectivity index (χ0n) is 16.4. The average molecular weight is 457 g/mol. The minimum absolute atomic E-state index is 0.0887. The first-order valence-corrected chi connectivity index (χ1v) is 9.89. The first-order valence-electron chi connectivity index (χ1n) is 9.09. The van der Waals surface area contributed by atoms with Gasteiger partial charge in [0.2, 0.25) is 0 Å². The molecule has 0 aromatic heterocycles. The van der Waals surface area contributed by atoms with Gasteiger partial charge in [-0.15, -0.1) is 0 Å². The lowest BCUT2D eigenvalue weighted by Gasteiger charge is -2.43. The Bertz CT molecular complexity index is 759. The van der Waals surface area contributed by atoms with Crippen LogP contribution in [0.3, 0.4) is 0 Å². The summed E-state index contributed by atoms with van der Waals surface area (Å²) in [5.74, 6) is -4.91. The van der Waals surface area contributed by atoms with Crippen molar-refractivity contribution in [3.63, 3.8) is 0 Å². The van der Waals surface area contributed by atoms with E-state index in [1.165, 1.54) is 14.0 Å². The van der Waals surface area contributed by atoms with E-state index in [0.29, 0.717) is 15.8 Å². The molecular weight excluding hydrogens is 432 g/mol. The predicted molar refractivity (Wildman–Crippen MR) is 104 cm³/mol. The summed E-state index contributed by atoms with van der Waals surface area (Å²) in [6.07, 6.45) is -0.354. The van der Waals surface area contributed by atoms with E-state index in [9.17, 15) is 19.5 Å². The third-order valence-electron chi connectivity index (χ3n) is 4.90. The van der Waals surface area contributed by atoms with Crippen molar-refractivity contribution in [3.05, 3.63) is 28.2 Å². The van der Waals surface area contributed by atoms with E-state index in [1.54, 1.807) is 32.0 Å². The van der Waals surface area contributed by atoms with Crippen LogP contribution in [0.1, 0.15) is 38.7 Å². The molecule has 0 radical (unpaired) electrons. The first kappa shape index (κ1) is 22.4. The topological polar surface area (TPSA) is 99.1 Å². The molecule has 1 aromatic rings. The number of hydrogen-bond acceptors (Lipinski definition) is 7. The second-order valence-corrected chi connectivity index (χ2v) is 7.79. The highest BCUT2D eigenvalue weighted by molar-refractivity contribution is 9.10. The van der Waals surface area contributed by atoms with Crippen molar-refractivity contribution in [2.45, 2.75) is 38.7 Å². The van der Waals surface area contributed by atoms with E-state index < -0.39 is 41.1 Å². The largest absolute Gasteiger partial charge is 0.496 e. The maximum absolute atomic E-state index is 12.9. The molecule has 1 saturated carbocycles. The lowest BCUT2D eigenvalue weighted by Crippen LogP contribution is -2.55. The minimum Gasteiger partial charge on any atom is -0.496 e. The molecule has 8 heteroatoms. The van der Waals surface area contributed by atoms with E-state index >= 15 is 0 Å². The molecule has 0 saturated heterocycles. The number of carbonyl (C=O) groups excluding carboxylic acids is 3. The van der Waals surface area contributed by atoms with Crippen LogP contribution in [-0.2, 0) is 23.9 Å². The molecule has 0 aliphatic heterocycles. The third-order valence-corrected chi connectivity index (χ3v) is 5.39. The van der Waals surface area contributed by atoms with Crippen molar-refractivity contribution >= 4 is 33.7 Å². The maximum Gasteiger partial charge on any atom is 0.317 e. The summed E-state index contributed by atoms with van der Waals surface area (Å²) in [5.41, 5.74) is -1.24. The molecule has 7 nitrogen and oxygen atoms in total. The Morgan fingerprint density at radius 2 is 1.82 bits per heavy atom. The highest BCUT2D eigenvalue weighted by atomic mass is 79.9. The van der Waals surface area contributed by atoms with E-state index in [4.69, 9.17) is 14.2 Å². The van der Waals surface area contributed by atoms with Crippen LogP contribution >= 0.6 is 15.9 Å². The molecule has 154 valence electrons. The Hall–Kier alpha value is -1.93. The molecule has 1 aromatic carbocycles. The Balaban J connectivity index is 2.73. The number of ketones is 1. The summed E-state index contributed by atoms with van der Waals surface area (Å²) in [4.78, 5) is 38.4. The maximum atomic E-state index is 12.9. The van der Waals surface area contributed by atoms with Crippen LogP contribution in [0.5, 0.6) is 5.75 Å². The van der Waals surface area contributed by atoms with Crippen molar-refractivity contribution in [1.29, 1.82) is 0 Å². The number of benzene rings is 1. The summed E-state index contributed by atoms with van der Waals surface area (Å²) in [7, 11) is 1.45. The second kappa shape index (κ2) is 9.05. The van der Waals surface area contributed by atoms with Crippen molar-refractivity contribution < 1.29 is 33.7 Å². The molecule has 1 N–H and O–H groups in total. The van der Waals surface area contributed by atoms with E-state index in [-0.39, 0.29) is 19.6 Å². The van der Waals surface area contributed by atoms with Gasteiger partial charge in [0.15, 0.2) is 5.78 Å². The number of halogens is 1. The van der Waals surface area contributed by atoms with Gasteiger partial charge in [0, 0.05) is 22.4 Å². The van der Waals surface area contributed by atoms with Crippen molar-refractivity contribution in [2.75, 3.05) is 20.3 Å². The summed E-state index contributed by atoms with van der Waals surface area (Å²) >= 11 is 3.38. The molecule has 2 rings (SSSR count). The van der Waals surface area contributed by atoms with Gasteiger partial charge < -0.3 is 19.3 Å². The zero-order chi connectivity index (χ0) is 21.1. The fourth-order valence-corrected chi connectivity index (χ4v) is 4.20. The quantitative estimate of drug-likeness (QED) is 0.518. The van der Waals surface area contributed by atoms with Gasteiger partial charge in [-0.3, -0.25) is 14.4 Å². The molecule has 0 unspecified atom stereocenters. The summed E-state index contributed by atoms with van der Waals surface area (Å²) in [6, 6.07) is 5.08. The molecule has 0 heterocycles. The van der Waals surface area contributed by atoms with Crippen molar-refractivity contribution in [2.24, 2.45) is 11.8 Å². The van der Waals surface area contributed by atoms with Crippen LogP contribution in [0.4, 0.5) is 0 Å².